The maximum Gasteiger partial charge on any atom is 0.276 e. The number of hydrogen-bond donors (Lipinski definition) is 1. The van der Waals surface area contributed by atoms with Gasteiger partial charge in [-0.05, 0) is 32.9 Å². The van der Waals surface area contributed by atoms with Crippen LogP contribution in [0.25, 0.3) is 0 Å². The Labute approximate surface area is 148 Å². The second-order valence-electron chi connectivity index (χ2n) is 5.61. The Morgan fingerprint density at radius 1 is 1.42 bits per heavy atom. The van der Waals surface area contributed by atoms with Gasteiger partial charge in [-0.15, -0.1) is 11.3 Å². The summed E-state index contributed by atoms with van der Waals surface area (Å²) in [6.45, 7) is 5.29. The number of fused-ring (bicyclic) bond motifs is 1. The highest BCUT2D eigenvalue weighted by Gasteiger charge is 2.27. The van der Waals surface area contributed by atoms with Crippen LogP contribution >= 0.6 is 22.9 Å². The minimum atomic E-state index is -4.04. The number of thiazole rings is 1. The lowest BCUT2D eigenvalue weighted by Crippen LogP contribution is -2.30. The lowest BCUT2D eigenvalue weighted by atomic mass is 10.1. The number of amides is 1. The van der Waals surface area contributed by atoms with Gasteiger partial charge in [0.25, 0.3) is 15.9 Å². The van der Waals surface area contributed by atoms with Gasteiger partial charge in [-0.25, -0.2) is 18.1 Å². The van der Waals surface area contributed by atoms with Gasteiger partial charge in [0.05, 0.1) is 20.6 Å². The fourth-order valence-electron chi connectivity index (χ4n) is 2.58. The molecule has 0 spiro atoms. The Hall–Kier alpha value is -1.64. The second-order valence-corrected chi connectivity index (χ2v) is 8.90. The number of rotatable bonds is 3. The van der Waals surface area contributed by atoms with Crippen molar-refractivity contribution in [1.29, 1.82) is 0 Å². The molecule has 0 saturated heterocycles. The number of aryl methyl sites for hydroxylation is 2. The van der Waals surface area contributed by atoms with Gasteiger partial charge in [0.15, 0.2) is 0 Å². The number of benzene rings is 1. The van der Waals surface area contributed by atoms with Gasteiger partial charge in [-0.2, -0.15) is 0 Å². The van der Waals surface area contributed by atoms with E-state index in [4.69, 9.17) is 16.3 Å². The Balaban J connectivity index is 1.92. The predicted molar refractivity (Wildman–Crippen MR) is 91.5 cm³/mol. The van der Waals surface area contributed by atoms with Gasteiger partial charge in [0, 0.05) is 12.0 Å². The third-order valence-corrected chi connectivity index (χ3v) is 6.23. The molecule has 1 aromatic carbocycles. The summed E-state index contributed by atoms with van der Waals surface area (Å²) in [4.78, 5) is 16.6. The molecule has 24 heavy (non-hydrogen) atoms. The largest absolute Gasteiger partial charge is 0.489 e. The molecule has 1 aromatic heterocycles. The van der Waals surface area contributed by atoms with Crippen molar-refractivity contribution >= 4 is 38.9 Å². The zero-order valence-electron chi connectivity index (χ0n) is 13.2. The fraction of sp³-hybridized carbons (Fsp3) is 0.333. The molecule has 2 heterocycles. The van der Waals surface area contributed by atoms with E-state index in [9.17, 15) is 13.2 Å². The quantitative estimate of drug-likeness (QED) is 0.876. The highest BCUT2D eigenvalue weighted by molar-refractivity contribution is 7.90. The number of nitrogens with one attached hydrogen (secondary N) is 1. The standard InChI is InChI=1S/C15H15ClN2O4S2/c1-7-4-10-5-11(6-12(16)13(10)22-7)24(20,21)18-15(19)14-8(2)17-9(3)23-14/h5-7H,4H2,1-3H3,(H,18,19)/t7-/m0/s1. The van der Waals surface area contributed by atoms with Crippen LogP contribution in [-0.2, 0) is 16.4 Å². The van der Waals surface area contributed by atoms with Crippen molar-refractivity contribution in [3.63, 3.8) is 0 Å². The molecule has 1 aliphatic heterocycles. The van der Waals surface area contributed by atoms with Crippen molar-refractivity contribution in [2.24, 2.45) is 0 Å². The first-order chi connectivity index (χ1) is 11.2. The Kier molecular flexibility index (Phi) is 4.31. The minimum absolute atomic E-state index is 0.0591. The Bertz CT molecular complexity index is 937. The summed E-state index contributed by atoms with van der Waals surface area (Å²) in [7, 11) is -4.04. The zero-order chi connectivity index (χ0) is 17.6. The average Bonchev–Trinajstić information content (AvgIpc) is 3.00. The van der Waals surface area contributed by atoms with Crippen molar-refractivity contribution in [3.8, 4) is 5.75 Å². The summed E-state index contributed by atoms with van der Waals surface area (Å²) < 4.78 is 32.7. The van der Waals surface area contributed by atoms with Gasteiger partial charge in [-0.3, -0.25) is 4.79 Å². The molecule has 0 fully saturated rings. The molecule has 128 valence electrons. The Morgan fingerprint density at radius 2 is 2.12 bits per heavy atom. The normalized spacial score (nSPS) is 16.6. The van der Waals surface area contributed by atoms with Crippen LogP contribution in [0.1, 0.15) is 32.9 Å². The SMILES string of the molecule is Cc1nc(C)c(C(=O)NS(=O)(=O)c2cc(Cl)c3c(c2)C[C@H](C)O3)s1. The van der Waals surface area contributed by atoms with Gasteiger partial charge >= 0.3 is 0 Å². The van der Waals surface area contributed by atoms with Crippen molar-refractivity contribution in [2.75, 3.05) is 0 Å². The monoisotopic (exact) mass is 386 g/mol. The predicted octanol–water partition coefficient (Wildman–Crippen LogP) is 2.86. The first-order valence-corrected chi connectivity index (χ1v) is 9.85. The molecular formula is C15H15ClN2O4S2. The molecule has 1 aliphatic rings. The molecule has 0 bridgehead atoms. The van der Waals surface area contributed by atoms with E-state index in [0.717, 1.165) is 11.3 Å². The van der Waals surface area contributed by atoms with Gasteiger partial charge < -0.3 is 4.74 Å². The maximum absolute atomic E-state index is 12.5. The number of carbonyl (C=O) groups is 1. The van der Waals surface area contributed by atoms with Crippen LogP contribution in [-0.4, -0.2) is 25.4 Å². The van der Waals surface area contributed by atoms with E-state index >= 15 is 0 Å². The number of sulfonamides is 1. The van der Waals surface area contributed by atoms with Crippen LogP contribution in [0.5, 0.6) is 5.75 Å². The molecule has 0 unspecified atom stereocenters. The number of halogens is 1. The molecule has 9 heteroatoms. The summed E-state index contributed by atoms with van der Waals surface area (Å²) in [5.41, 5.74) is 1.21. The topological polar surface area (TPSA) is 85.4 Å². The highest BCUT2D eigenvalue weighted by Crippen LogP contribution is 2.38. The third kappa shape index (κ3) is 3.13. The number of ether oxygens (including phenoxy) is 1. The summed E-state index contributed by atoms with van der Waals surface area (Å²) in [6, 6.07) is 2.78. The average molecular weight is 387 g/mol. The van der Waals surface area contributed by atoms with Crippen LogP contribution in [0.4, 0.5) is 0 Å². The Morgan fingerprint density at radius 3 is 2.75 bits per heavy atom. The molecule has 2 aromatic rings. The maximum atomic E-state index is 12.5. The van der Waals surface area contributed by atoms with Crippen LogP contribution in [0, 0.1) is 13.8 Å². The van der Waals surface area contributed by atoms with Crippen molar-refractivity contribution in [2.45, 2.75) is 38.2 Å². The lowest BCUT2D eigenvalue weighted by Gasteiger charge is -2.09. The smallest absolute Gasteiger partial charge is 0.276 e. The van der Waals surface area contributed by atoms with Gasteiger partial charge in [0.1, 0.15) is 16.7 Å². The van der Waals surface area contributed by atoms with Crippen molar-refractivity contribution in [1.82, 2.24) is 9.71 Å². The first-order valence-electron chi connectivity index (χ1n) is 7.17. The van der Waals surface area contributed by atoms with E-state index in [2.05, 4.69) is 9.71 Å². The number of aromatic nitrogens is 1. The second kappa shape index (κ2) is 6.02. The molecule has 0 radical (unpaired) electrons. The van der Waals surface area contributed by atoms with Gasteiger partial charge in [-0.1, -0.05) is 11.6 Å². The van der Waals surface area contributed by atoms with Crippen LogP contribution < -0.4 is 9.46 Å². The van der Waals surface area contributed by atoms with E-state index in [1.54, 1.807) is 13.8 Å². The van der Waals surface area contributed by atoms with Crippen molar-refractivity contribution in [3.05, 3.63) is 38.3 Å². The molecule has 1 N–H and O–H groups in total. The first kappa shape index (κ1) is 17.2. The lowest BCUT2D eigenvalue weighted by molar-refractivity contribution is 0.0984. The highest BCUT2D eigenvalue weighted by atomic mass is 35.5. The third-order valence-electron chi connectivity index (χ3n) is 3.57. The van der Waals surface area contributed by atoms with Crippen LogP contribution in [0.3, 0.4) is 0 Å². The number of hydrogen-bond acceptors (Lipinski definition) is 6. The zero-order valence-corrected chi connectivity index (χ0v) is 15.6. The number of carbonyl (C=O) groups excluding carboxylic acids is 1. The summed E-state index contributed by atoms with van der Waals surface area (Å²) in [5, 5.41) is 0.913. The fourth-order valence-corrected chi connectivity index (χ4v) is 4.85. The van der Waals surface area contributed by atoms with Crippen LogP contribution in [0.15, 0.2) is 17.0 Å². The summed E-state index contributed by atoms with van der Waals surface area (Å²) in [6.07, 6.45) is 0.507. The van der Waals surface area contributed by atoms with E-state index < -0.39 is 15.9 Å². The van der Waals surface area contributed by atoms with Crippen LogP contribution in [0.2, 0.25) is 5.02 Å². The molecular weight excluding hydrogens is 372 g/mol. The molecule has 6 nitrogen and oxygen atoms in total. The molecule has 1 atom stereocenters. The molecule has 0 saturated carbocycles. The van der Waals surface area contributed by atoms with E-state index in [0.29, 0.717) is 28.4 Å². The summed E-state index contributed by atoms with van der Waals surface area (Å²) >= 11 is 7.27. The van der Waals surface area contributed by atoms with E-state index in [1.165, 1.54) is 12.1 Å². The molecule has 1 amide bonds. The summed E-state index contributed by atoms with van der Waals surface area (Å²) in [5.74, 6) is -0.192. The number of nitrogens with zero attached hydrogens (tertiary/aromatic N) is 1. The van der Waals surface area contributed by atoms with Crippen molar-refractivity contribution < 1.29 is 17.9 Å². The van der Waals surface area contributed by atoms with E-state index in [1.807, 2.05) is 6.92 Å². The molecule has 3 rings (SSSR count). The van der Waals surface area contributed by atoms with E-state index in [-0.39, 0.29) is 20.9 Å². The minimum Gasteiger partial charge on any atom is -0.489 e. The van der Waals surface area contributed by atoms with Gasteiger partial charge in [0.2, 0.25) is 0 Å². The molecule has 0 aliphatic carbocycles.